The van der Waals surface area contributed by atoms with Crippen LogP contribution in [0.4, 0.5) is 0 Å². The van der Waals surface area contributed by atoms with Crippen molar-refractivity contribution in [1.29, 1.82) is 0 Å². The number of amides is 1. The van der Waals surface area contributed by atoms with Gasteiger partial charge in [-0.25, -0.2) is 0 Å². The van der Waals surface area contributed by atoms with Crippen molar-refractivity contribution in [3.8, 4) is 0 Å². The zero-order valence-corrected chi connectivity index (χ0v) is 9.40. The summed E-state index contributed by atoms with van der Waals surface area (Å²) in [4.78, 5) is 23.9. The number of rotatable bonds is 2. The summed E-state index contributed by atoms with van der Waals surface area (Å²) in [6.45, 7) is 2.22. The van der Waals surface area contributed by atoms with Gasteiger partial charge in [0.15, 0.2) is 0 Å². The molecule has 3 nitrogen and oxygen atoms in total. The fourth-order valence-corrected chi connectivity index (χ4v) is 2.11. The normalized spacial score (nSPS) is 20.4. The van der Waals surface area contributed by atoms with Crippen molar-refractivity contribution in [2.75, 3.05) is 6.54 Å². The maximum absolute atomic E-state index is 11.7. The first-order chi connectivity index (χ1) is 7.72. The molecule has 1 heterocycles. The van der Waals surface area contributed by atoms with Gasteiger partial charge in [0.2, 0.25) is 5.91 Å². The largest absolute Gasteiger partial charge is 0.308 e. The van der Waals surface area contributed by atoms with Crippen molar-refractivity contribution in [1.82, 2.24) is 4.90 Å². The van der Waals surface area contributed by atoms with E-state index in [1.807, 2.05) is 6.92 Å². The average molecular weight is 217 g/mol. The molecule has 84 valence electrons. The Bertz CT molecular complexity index is 416. The van der Waals surface area contributed by atoms with Crippen molar-refractivity contribution in [2.45, 2.75) is 26.2 Å². The molecule has 0 aromatic heterocycles. The molecule has 0 N–H and O–H groups in total. The zero-order valence-electron chi connectivity index (χ0n) is 9.40. The first-order valence-corrected chi connectivity index (χ1v) is 5.53. The number of hydrogen-bond donors (Lipinski definition) is 0. The molecule has 2 rings (SSSR count). The van der Waals surface area contributed by atoms with Crippen molar-refractivity contribution in [3.05, 3.63) is 35.1 Å². The molecule has 0 aromatic rings. The Morgan fingerprint density at radius 1 is 1.38 bits per heavy atom. The van der Waals surface area contributed by atoms with E-state index in [-0.39, 0.29) is 12.5 Å². The first kappa shape index (κ1) is 10.9. The topological polar surface area (TPSA) is 37.4 Å². The second kappa shape index (κ2) is 4.47. The third kappa shape index (κ3) is 1.98. The standard InChI is InChI=1S/C13H15NO2/c1-10-2-4-11-5-7-13(16)14(8-9-15)12(11)6-3-10/h2-4,9H,5-8H2,1H3. The van der Waals surface area contributed by atoms with E-state index < -0.39 is 0 Å². The molecule has 1 amide bonds. The quantitative estimate of drug-likeness (QED) is 0.663. The molecule has 0 spiro atoms. The lowest BCUT2D eigenvalue weighted by Gasteiger charge is -2.29. The van der Waals surface area contributed by atoms with Gasteiger partial charge in [0.05, 0.1) is 6.54 Å². The van der Waals surface area contributed by atoms with E-state index in [9.17, 15) is 9.59 Å². The van der Waals surface area contributed by atoms with Gasteiger partial charge < -0.3 is 9.69 Å². The highest BCUT2D eigenvalue weighted by Gasteiger charge is 2.25. The van der Waals surface area contributed by atoms with Crippen LogP contribution in [-0.2, 0) is 9.59 Å². The molecule has 3 heteroatoms. The summed E-state index contributed by atoms with van der Waals surface area (Å²) >= 11 is 0. The highest BCUT2D eigenvalue weighted by atomic mass is 16.2. The summed E-state index contributed by atoms with van der Waals surface area (Å²) in [5.41, 5.74) is 3.39. The van der Waals surface area contributed by atoms with Crippen molar-refractivity contribution < 1.29 is 9.59 Å². The van der Waals surface area contributed by atoms with Gasteiger partial charge in [-0.15, -0.1) is 0 Å². The average Bonchev–Trinajstić information content (AvgIpc) is 2.46. The fourth-order valence-electron chi connectivity index (χ4n) is 2.11. The number of nitrogens with zero attached hydrogens (tertiary/aromatic N) is 1. The predicted molar refractivity (Wildman–Crippen MR) is 61.6 cm³/mol. The maximum atomic E-state index is 11.7. The Kier molecular flexibility index (Phi) is 3.04. The summed E-state index contributed by atoms with van der Waals surface area (Å²) in [7, 11) is 0. The Hall–Kier alpha value is -1.64. The molecule has 0 aromatic carbocycles. The van der Waals surface area contributed by atoms with E-state index in [1.165, 1.54) is 11.1 Å². The third-order valence-corrected chi connectivity index (χ3v) is 3.03. The Morgan fingerprint density at radius 3 is 2.94 bits per heavy atom. The van der Waals surface area contributed by atoms with E-state index >= 15 is 0 Å². The maximum Gasteiger partial charge on any atom is 0.227 e. The van der Waals surface area contributed by atoms with Crippen LogP contribution in [0.15, 0.2) is 35.1 Å². The summed E-state index contributed by atoms with van der Waals surface area (Å²) in [6, 6.07) is 0. The van der Waals surface area contributed by atoms with E-state index in [0.29, 0.717) is 6.42 Å². The molecule has 0 fully saturated rings. The Morgan fingerprint density at radius 2 is 2.19 bits per heavy atom. The molecule has 0 unspecified atom stereocenters. The van der Waals surface area contributed by atoms with Crippen molar-refractivity contribution >= 4 is 12.2 Å². The Balaban J connectivity index is 2.35. The monoisotopic (exact) mass is 217 g/mol. The van der Waals surface area contributed by atoms with Crippen LogP contribution >= 0.6 is 0 Å². The highest BCUT2D eigenvalue weighted by Crippen LogP contribution is 2.29. The molecule has 0 bridgehead atoms. The summed E-state index contributed by atoms with van der Waals surface area (Å²) in [6.07, 6.45) is 9.06. The lowest BCUT2D eigenvalue weighted by molar-refractivity contribution is -0.131. The molecule has 16 heavy (non-hydrogen) atoms. The molecule has 0 radical (unpaired) electrons. The Labute approximate surface area is 95.1 Å². The molecule has 2 aliphatic rings. The van der Waals surface area contributed by atoms with E-state index in [4.69, 9.17) is 0 Å². The molecular formula is C13H15NO2. The van der Waals surface area contributed by atoms with Crippen LogP contribution in [0.5, 0.6) is 0 Å². The van der Waals surface area contributed by atoms with Gasteiger partial charge in [-0.05, 0) is 18.9 Å². The second-order valence-electron chi connectivity index (χ2n) is 4.13. The van der Waals surface area contributed by atoms with Gasteiger partial charge >= 0.3 is 0 Å². The molecule has 1 aliphatic carbocycles. The van der Waals surface area contributed by atoms with Gasteiger partial charge in [-0.1, -0.05) is 23.8 Å². The molecule has 0 saturated carbocycles. The minimum Gasteiger partial charge on any atom is -0.308 e. The highest BCUT2D eigenvalue weighted by molar-refractivity contribution is 5.82. The number of allylic oxidation sites excluding steroid dienone is 5. The zero-order chi connectivity index (χ0) is 11.5. The lowest BCUT2D eigenvalue weighted by atomic mass is 10.00. The molecule has 0 saturated heterocycles. The van der Waals surface area contributed by atoms with Crippen LogP contribution in [0, 0.1) is 0 Å². The molecule has 0 atom stereocenters. The van der Waals surface area contributed by atoms with Gasteiger partial charge in [-0.3, -0.25) is 4.79 Å². The van der Waals surface area contributed by atoms with Crippen LogP contribution in [0.3, 0.4) is 0 Å². The van der Waals surface area contributed by atoms with Crippen LogP contribution in [0.1, 0.15) is 26.2 Å². The lowest BCUT2D eigenvalue weighted by Crippen LogP contribution is -2.35. The van der Waals surface area contributed by atoms with E-state index in [2.05, 4.69) is 18.2 Å². The van der Waals surface area contributed by atoms with Gasteiger partial charge in [0.1, 0.15) is 6.29 Å². The third-order valence-electron chi connectivity index (χ3n) is 3.03. The fraction of sp³-hybridized carbons (Fsp3) is 0.385. The number of carbonyl (C=O) groups is 2. The van der Waals surface area contributed by atoms with Gasteiger partial charge in [-0.2, -0.15) is 0 Å². The van der Waals surface area contributed by atoms with Gasteiger partial charge in [0.25, 0.3) is 0 Å². The first-order valence-electron chi connectivity index (χ1n) is 5.53. The molecular weight excluding hydrogens is 202 g/mol. The number of hydrogen-bond acceptors (Lipinski definition) is 2. The van der Waals surface area contributed by atoms with Crippen molar-refractivity contribution in [3.63, 3.8) is 0 Å². The molecule has 1 aliphatic heterocycles. The summed E-state index contributed by atoms with van der Waals surface area (Å²) in [5.74, 6) is 0.0622. The van der Waals surface area contributed by atoms with Crippen LogP contribution in [0.2, 0.25) is 0 Å². The minimum atomic E-state index is 0.0622. The van der Waals surface area contributed by atoms with Crippen LogP contribution in [0.25, 0.3) is 0 Å². The van der Waals surface area contributed by atoms with Crippen molar-refractivity contribution in [2.24, 2.45) is 0 Å². The number of carbonyl (C=O) groups excluding carboxylic acids is 2. The van der Waals surface area contributed by atoms with E-state index in [1.54, 1.807) is 4.90 Å². The SMILES string of the molecule is CC1=CCC2=C(C=C1)CCC(=O)N2CC=O. The predicted octanol–water partition coefficient (Wildman–Crippen LogP) is 1.97. The van der Waals surface area contributed by atoms with E-state index in [0.717, 1.165) is 24.8 Å². The number of aldehydes is 1. The second-order valence-corrected chi connectivity index (χ2v) is 4.13. The minimum absolute atomic E-state index is 0.0622. The van der Waals surface area contributed by atoms with Gasteiger partial charge in [0, 0.05) is 18.5 Å². The summed E-state index contributed by atoms with van der Waals surface area (Å²) < 4.78 is 0. The van der Waals surface area contributed by atoms with Crippen LogP contribution < -0.4 is 0 Å². The van der Waals surface area contributed by atoms with Crippen LogP contribution in [-0.4, -0.2) is 23.6 Å². The smallest absolute Gasteiger partial charge is 0.227 e. The summed E-state index contributed by atoms with van der Waals surface area (Å²) in [5, 5.41) is 0.